The van der Waals surface area contributed by atoms with E-state index in [0.29, 0.717) is 38.6 Å². The third kappa shape index (κ3) is 5.08. The Kier molecular flexibility index (Phi) is 8.16. The highest BCUT2D eigenvalue weighted by molar-refractivity contribution is 9.11. The molecule has 0 spiro atoms. The molecule has 3 rings (SSSR count). The van der Waals surface area contributed by atoms with Crippen molar-refractivity contribution in [1.82, 2.24) is 4.68 Å². The number of aromatic hydroxyl groups is 1. The summed E-state index contributed by atoms with van der Waals surface area (Å²) in [5.74, 6) is 1.65. The van der Waals surface area contributed by atoms with Gasteiger partial charge >= 0.3 is 0 Å². The van der Waals surface area contributed by atoms with Crippen molar-refractivity contribution in [3.05, 3.63) is 61.6 Å². The predicted octanol–water partition coefficient (Wildman–Crippen LogP) is 5.44. The summed E-state index contributed by atoms with van der Waals surface area (Å²) in [4.78, 5) is 5.21. The average Bonchev–Trinajstić information content (AvgIpc) is 3.20. The molecule has 0 unspecified atom stereocenters. The maximum Gasteiger partial charge on any atom is 0.206 e. The van der Waals surface area contributed by atoms with Gasteiger partial charge in [-0.05, 0) is 40.2 Å². The highest BCUT2D eigenvalue weighted by atomic mass is 79.9. The zero-order valence-corrected chi connectivity index (χ0v) is 21.6. The smallest absolute Gasteiger partial charge is 0.206 e. The van der Waals surface area contributed by atoms with Gasteiger partial charge in [0, 0.05) is 21.0 Å². The number of ether oxygens (including phenoxy) is 3. The lowest BCUT2D eigenvalue weighted by Crippen LogP contribution is -2.12. The van der Waals surface area contributed by atoms with Crippen molar-refractivity contribution in [1.29, 1.82) is 0 Å². The molecule has 0 radical (unpaired) electrons. The molecular weight excluding hydrogens is 562 g/mol. The van der Waals surface area contributed by atoms with Crippen molar-refractivity contribution in [2.75, 3.05) is 27.9 Å². The molecule has 0 aliphatic rings. The first kappa shape index (κ1) is 24.1. The molecule has 0 fully saturated rings. The van der Waals surface area contributed by atoms with E-state index < -0.39 is 0 Å². The molecule has 0 saturated carbocycles. The number of phenolic OH excluding ortho intramolecular Hbond substituents is 1. The van der Waals surface area contributed by atoms with Gasteiger partial charge in [-0.25, -0.2) is 4.68 Å². The summed E-state index contributed by atoms with van der Waals surface area (Å²) in [5, 5.41) is 17.0. The quantitative estimate of drug-likeness (QED) is 0.283. The van der Waals surface area contributed by atoms with Crippen LogP contribution in [0.25, 0.3) is 11.3 Å². The summed E-state index contributed by atoms with van der Waals surface area (Å²) >= 11 is 8.21. The van der Waals surface area contributed by atoms with Crippen LogP contribution in [0.1, 0.15) is 5.56 Å². The van der Waals surface area contributed by atoms with Gasteiger partial charge in [0.1, 0.15) is 5.75 Å². The number of hydrogen-bond donors (Lipinski definition) is 1. The first-order valence-electron chi connectivity index (χ1n) is 9.28. The molecule has 0 aliphatic heterocycles. The van der Waals surface area contributed by atoms with Crippen LogP contribution in [0.5, 0.6) is 23.0 Å². The molecule has 2 aromatic carbocycles. The van der Waals surface area contributed by atoms with Crippen LogP contribution in [0, 0.1) is 0 Å². The van der Waals surface area contributed by atoms with Gasteiger partial charge in [0.05, 0.1) is 44.3 Å². The zero-order chi connectivity index (χ0) is 23.3. The van der Waals surface area contributed by atoms with E-state index in [1.54, 1.807) is 50.4 Å². The molecule has 0 atom stereocenters. The average molecular weight is 583 g/mol. The number of halogens is 2. The number of benzene rings is 2. The fourth-order valence-corrected chi connectivity index (χ4v) is 5.00. The van der Waals surface area contributed by atoms with Crippen LogP contribution in [0.4, 0.5) is 0 Å². The molecule has 10 heteroatoms. The van der Waals surface area contributed by atoms with Crippen LogP contribution in [-0.2, 0) is 0 Å². The fraction of sp³-hybridized carbons (Fsp3) is 0.182. The molecule has 3 aromatic rings. The molecule has 168 valence electrons. The molecule has 1 heterocycles. The minimum Gasteiger partial charge on any atom is -0.506 e. The minimum absolute atomic E-state index is 0.0895. The number of methoxy groups -OCH3 is 3. The predicted molar refractivity (Wildman–Crippen MR) is 135 cm³/mol. The van der Waals surface area contributed by atoms with E-state index in [4.69, 9.17) is 14.2 Å². The zero-order valence-electron chi connectivity index (χ0n) is 17.6. The Morgan fingerprint density at radius 2 is 1.78 bits per heavy atom. The molecule has 1 aromatic heterocycles. The van der Waals surface area contributed by atoms with Gasteiger partial charge in [-0.1, -0.05) is 22.0 Å². The normalized spacial score (nSPS) is 11.7. The highest BCUT2D eigenvalue weighted by Gasteiger charge is 2.17. The van der Waals surface area contributed by atoms with Gasteiger partial charge in [-0.15, -0.1) is 17.9 Å². The molecular formula is C22H21Br2N3O4S. The van der Waals surface area contributed by atoms with Crippen LogP contribution in [-0.4, -0.2) is 43.9 Å². The fourth-order valence-electron chi connectivity index (χ4n) is 2.89. The lowest BCUT2D eigenvalue weighted by atomic mass is 10.1. The third-order valence-electron chi connectivity index (χ3n) is 4.37. The second-order valence-corrected chi connectivity index (χ2v) is 8.94. The van der Waals surface area contributed by atoms with Crippen molar-refractivity contribution in [3.63, 3.8) is 0 Å². The van der Waals surface area contributed by atoms with E-state index in [1.165, 1.54) is 11.3 Å². The van der Waals surface area contributed by atoms with Gasteiger partial charge in [-0.3, -0.25) is 4.99 Å². The Morgan fingerprint density at radius 3 is 2.38 bits per heavy atom. The monoisotopic (exact) mass is 581 g/mol. The number of nitrogens with zero attached hydrogens (tertiary/aromatic N) is 3. The molecule has 0 bridgehead atoms. The first-order valence-corrected chi connectivity index (χ1v) is 11.7. The molecule has 0 amide bonds. The Labute approximate surface area is 206 Å². The lowest BCUT2D eigenvalue weighted by Gasteiger charge is -2.14. The van der Waals surface area contributed by atoms with E-state index >= 15 is 0 Å². The Morgan fingerprint density at radius 1 is 1.09 bits per heavy atom. The topological polar surface area (TPSA) is 77.6 Å². The number of phenols is 1. The largest absolute Gasteiger partial charge is 0.506 e. The second kappa shape index (κ2) is 10.8. The summed E-state index contributed by atoms with van der Waals surface area (Å²) in [6.07, 6.45) is 3.29. The number of thiazole rings is 1. The Hall–Kier alpha value is -2.56. The summed E-state index contributed by atoms with van der Waals surface area (Å²) in [7, 11) is 4.70. The maximum absolute atomic E-state index is 10.4. The number of aromatic nitrogens is 1. The van der Waals surface area contributed by atoms with Gasteiger partial charge in [0.25, 0.3) is 0 Å². The standard InChI is InChI=1S/C22H21Br2N3O4S/c1-5-6-25-22-27(26-11-14-7-15(23)10-16(24)20(14)28)17(12-32-22)13-8-18(29-2)21(31-4)19(9-13)30-3/h5,7-12,28H,1,6H2,2-4H3. The first-order chi connectivity index (χ1) is 15.4. The van der Waals surface area contributed by atoms with Crippen LogP contribution in [0.3, 0.4) is 0 Å². The Bertz CT molecular complexity index is 1210. The van der Waals surface area contributed by atoms with Crippen molar-refractivity contribution in [3.8, 4) is 34.3 Å². The maximum atomic E-state index is 10.4. The Balaban J connectivity index is 2.20. The van der Waals surface area contributed by atoms with E-state index in [2.05, 4.69) is 48.5 Å². The number of rotatable bonds is 8. The third-order valence-corrected chi connectivity index (χ3v) is 6.29. The van der Waals surface area contributed by atoms with Crippen LogP contribution in [0.15, 0.2) is 61.3 Å². The van der Waals surface area contributed by atoms with Gasteiger partial charge < -0.3 is 19.3 Å². The van der Waals surface area contributed by atoms with Crippen molar-refractivity contribution in [2.24, 2.45) is 10.1 Å². The summed E-state index contributed by atoms with van der Waals surface area (Å²) < 4.78 is 19.5. The van der Waals surface area contributed by atoms with E-state index in [1.807, 2.05) is 17.5 Å². The SMILES string of the molecule is C=CCN=c1scc(-c2cc(OC)c(OC)c(OC)c2)n1N=Cc1cc(Br)cc(Br)c1O. The molecule has 0 saturated heterocycles. The van der Waals surface area contributed by atoms with E-state index in [9.17, 15) is 5.11 Å². The van der Waals surface area contributed by atoms with E-state index in [-0.39, 0.29) is 5.75 Å². The van der Waals surface area contributed by atoms with Gasteiger partial charge in [0.2, 0.25) is 10.6 Å². The van der Waals surface area contributed by atoms with Crippen LogP contribution >= 0.6 is 43.2 Å². The van der Waals surface area contributed by atoms with Gasteiger partial charge in [0.15, 0.2) is 11.5 Å². The molecule has 7 nitrogen and oxygen atoms in total. The van der Waals surface area contributed by atoms with E-state index in [0.717, 1.165) is 15.7 Å². The van der Waals surface area contributed by atoms with Crippen LogP contribution < -0.4 is 19.0 Å². The molecule has 32 heavy (non-hydrogen) atoms. The van der Waals surface area contributed by atoms with Crippen molar-refractivity contribution >= 4 is 49.4 Å². The van der Waals surface area contributed by atoms with Crippen molar-refractivity contribution < 1.29 is 19.3 Å². The lowest BCUT2D eigenvalue weighted by molar-refractivity contribution is 0.324. The summed E-state index contributed by atoms with van der Waals surface area (Å²) in [6, 6.07) is 7.23. The summed E-state index contributed by atoms with van der Waals surface area (Å²) in [6.45, 7) is 4.18. The molecule has 1 N–H and O–H groups in total. The molecule has 0 aliphatic carbocycles. The summed E-state index contributed by atoms with van der Waals surface area (Å²) in [5.41, 5.74) is 2.10. The highest BCUT2D eigenvalue weighted by Crippen LogP contribution is 2.41. The number of hydrogen-bond acceptors (Lipinski definition) is 7. The van der Waals surface area contributed by atoms with Gasteiger partial charge in [-0.2, -0.15) is 5.10 Å². The van der Waals surface area contributed by atoms with Crippen LogP contribution in [0.2, 0.25) is 0 Å². The minimum atomic E-state index is 0.0895. The van der Waals surface area contributed by atoms with Crippen molar-refractivity contribution in [2.45, 2.75) is 0 Å². The second-order valence-electron chi connectivity index (χ2n) is 6.33.